The summed E-state index contributed by atoms with van der Waals surface area (Å²) in [6.45, 7) is 0. The lowest BCUT2D eigenvalue weighted by molar-refractivity contribution is -0.384. The second-order valence-electron chi connectivity index (χ2n) is 4.50. The number of carboxylic acid groups (broad SMARTS) is 1. The molecule has 1 aromatic carbocycles. The minimum Gasteiger partial charge on any atom is -0.502 e. The Hall–Kier alpha value is -2.61. The van der Waals surface area contributed by atoms with Gasteiger partial charge in [0.25, 0.3) is 0 Å². The number of aliphatic carboxylic acids is 1. The maximum atomic E-state index is 11.1. The molecular weight excluding hydrogens is 266 g/mol. The molecule has 4 N–H and O–H groups in total. The van der Waals surface area contributed by atoms with E-state index in [9.17, 15) is 20.0 Å². The number of hydrogen-bond acceptors (Lipinski definition) is 5. The Labute approximate surface area is 113 Å². The van der Waals surface area contributed by atoms with Gasteiger partial charge in [0.1, 0.15) is 6.04 Å². The average Bonchev–Trinajstić information content (AvgIpc) is 2.65. The second-order valence-corrected chi connectivity index (χ2v) is 4.50. The van der Waals surface area contributed by atoms with Gasteiger partial charge in [-0.15, -0.1) is 0 Å². The van der Waals surface area contributed by atoms with Crippen LogP contribution in [0.3, 0.4) is 0 Å². The van der Waals surface area contributed by atoms with E-state index in [1.54, 1.807) is 17.8 Å². The summed E-state index contributed by atoms with van der Waals surface area (Å²) in [6.07, 6.45) is 1.52. The quantitative estimate of drug-likeness (QED) is 0.558. The molecule has 0 radical (unpaired) electrons. The molecule has 0 aliphatic rings. The standard InChI is InChI=1S/C12H13N3O5/c1-14-5-6(4-7(13)12(17)18)10-8(14)2-3-9(16)11(10)15(19)20/h2-3,5,7,16H,4,13H2,1H3,(H,17,18). The van der Waals surface area contributed by atoms with E-state index >= 15 is 0 Å². The number of nitro groups is 1. The fraction of sp³-hybridized carbons (Fsp3) is 0.250. The van der Waals surface area contributed by atoms with Crippen molar-refractivity contribution >= 4 is 22.6 Å². The summed E-state index contributed by atoms with van der Waals surface area (Å²) in [5.41, 5.74) is 5.98. The Balaban J connectivity index is 2.69. The lowest BCUT2D eigenvalue weighted by Crippen LogP contribution is -2.32. The summed E-state index contributed by atoms with van der Waals surface area (Å²) in [4.78, 5) is 21.2. The van der Waals surface area contributed by atoms with Gasteiger partial charge in [-0.1, -0.05) is 0 Å². The largest absolute Gasteiger partial charge is 0.502 e. The van der Waals surface area contributed by atoms with Crippen molar-refractivity contribution in [3.8, 4) is 5.75 Å². The SMILES string of the molecule is Cn1cc(CC(N)C(=O)O)c2c([N+](=O)[O-])c(O)ccc21. The molecule has 2 aromatic rings. The summed E-state index contributed by atoms with van der Waals surface area (Å²) >= 11 is 0. The number of aromatic nitrogens is 1. The second kappa shape index (κ2) is 4.82. The van der Waals surface area contributed by atoms with Crippen LogP contribution in [-0.2, 0) is 18.3 Å². The maximum Gasteiger partial charge on any atom is 0.320 e. The zero-order valence-corrected chi connectivity index (χ0v) is 10.6. The first kappa shape index (κ1) is 13.8. The van der Waals surface area contributed by atoms with Gasteiger partial charge in [-0.3, -0.25) is 14.9 Å². The first-order chi connectivity index (χ1) is 9.32. The first-order valence-electron chi connectivity index (χ1n) is 5.75. The van der Waals surface area contributed by atoms with Crippen molar-refractivity contribution in [2.45, 2.75) is 12.5 Å². The highest BCUT2D eigenvalue weighted by molar-refractivity contribution is 5.95. The van der Waals surface area contributed by atoms with E-state index in [4.69, 9.17) is 10.8 Å². The Morgan fingerprint density at radius 3 is 2.75 bits per heavy atom. The number of rotatable bonds is 4. The summed E-state index contributed by atoms with van der Waals surface area (Å²) in [7, 11) is 1.68. The number of phenolic OH excluding ortho intramolecular Hbond substituents is 1. The Bertz CT molecular complexity index is 707. The molecule has 2 rings (SSSR count). The molecule has 0 fully saturated rings. The molecule has 8 heteroatoms. The van der Waals surface area contributed by atoms with Crippen molar-refractivity contribution in [2.75, 3.05) is 0 Å². The first-order valence-corrected chi connectivity index (χ1v) is 5.75. The highest BCUT2D eigenvalue weighted by Gasteiger charge is 2.25. The van der Waals surface area contributed by atoms with Crippen LogP contribution in [0.2, 0.25) is 0 Å². The highest BCUT2D eigenvalue weighted by Crippen LogP contribution is 2.37. The number of nitro benzene ring substituents is 1. The van der Waals surface area contributed by atoms with Gasteiger partial charge < -0.3 is 20.5 Å². The Morgan fingerprint density at radius 2 is 2.20 bits per heavy atom. The Morgan fingerprint density at radius 1 is 1.55 bits per heavy atom. The van der Waals surface area contributed by atoms with Gasteiger partial charge in [0.15, 0.2) is 5.75 Å². The summed E-state index contributed by atoms with van der Waals surface area (Å²) in [5, 5.41) is 29.8. The number of benzene rings is 1. The number of carbonyl (C=O) groups is 1. The third kappa shape index (κ3) is 2.16. The summed E-state index contributed by atoms with van der Waals surface area (Å²) < 4.78 is 1.63. The number of phenols is 1. The fourth-order valence-electron chi connectivity index (χ4n) is 2.21. The molecular formula is C12H13N3O5. The molecule has 0 bridgehead atoms. The van der Waals surface area contributed by atoms with Crippen LogP contribution in [0, 0.1) is 10.1 Å². The van der Waals surface area contributed by atoms with Crippen LogP contribution in [0.4, 0.5) is 5.69 Å². The molecule has 20 heavy (non-hydrogen) atoms. The van der Waals surface area contributed by atoms with E-state index in [0.717, 1.165) is 0 Å². The fourth-order valence-corrected chi connectivity index (χ4v) is 2.21. The number of fused-ring (bicyclic) bond motifs is 1. The van der Waals surface area contributed by atoms with Gasteiger partial charge in [-0.25, -0.2) is 0 Å². The van der Waals surface area contributed by atoms with Crippen molar-refractivity contribution < 1.29 is 19.9 Å². The number of aryl methyl sites for hydroxylation is 1. The van der Waals surface area contributed by atoms with E-state index < -0.39 is 28.4 Å². The maximum absolute atomic E-state index is 11.1. The number of aromatic hydroxyl groups is 1. The van der Waals surface area contributed by atoms with Crippen LogP contribution in [0.15, 0.2) is 18.3 Å². The molecule has 0 spiro atoms. The third-order valence-corrected chi connectivity index (χ3v) is 3.12. The van der Waals surface area contributed by atoms with Crippen LogP contribution in [-0.4, -0.2) is 31.7 Å². The van der Waals surface area contributed by atoms with Crippen molar-refractivity contribution in [3.63, 3.8) is 0 Å². The van der Waals surface area contributed by atoms with E-state index in [0.29, 0.717) is 11.1 Å². The van der Waals surface area contributed by atoms with E-state index in [1.165, 1.54) is 12.1 Å². The molecule has 1 aromatic heterocycles. The topological polar surface area (TPSA) is 132 Å². The van der Waals surface area contributed by atoms with Crippen LogP contribution < -0.4 is 5.73 Å². The van der Waals surface area contributed by atoms with Crippen molar-refractivity contribution in [2.24, 2.45) is 12.8 Å². The molecule has 0 aliphatic heterocycles. The van der Waals surface area contributed by atoms with Gasteiger partial charge in [-0.05, 0) is 17.7 Å². The lowest BCUT2D eigenvalue weighted by atomic mass is 10.0. The van der Waals surface area contributed by atoms with Crippen LogP contribution in [0.5, 0.6) is 5.75 Å². The molecule has 0 amide bonds. The molecule has 0 saturated carbocycles. The van der Waals surface area contributed by atoms with Gasteiger partial charge in [-0.2, -0.15) is 0 Å². The normalized spacial score (nSPS) is 12.5. The minimum atomic E-state index is -1.19. The molecule has 1 unspecified atom stereocenters. The van der Waals surface area contributed by atoms with E-state index in [1.807, 2.05) is 0 Å². The lowest BCUT2D eigenvalue weighted by Gasteiger charge is -2.05. The molecule has 0 aliphatic carbocycles. The van der Waals surface area contributed by atoms with Crippen molar-refractivity contribution in [1.82, 2.24) is 4.57 Å². The van der Waals surface area contributed by atoms with Crippen LogP contribution >= 0.6 is 0 Å². The molecule has 106 valence electrons. The van der Waals surface area contributed by atoms with Gasteiger partial charge >= 0.3 is 11.7 Å². The third-order valence-electron chi connectivity index (χ3n) is 3.12. The van der Waals surface area contributed by atoms with Crippen molar-refractivity contribution in [1.29, 1.82) is 0 Å². The number of hydrogen-bond donors (Lipinski definition) is 3. The van der Waals surface area contributed by atoms with Gasteiger partial charge in [0, 0.05) is 19.7 Å². The van der Waals surface area contributed by atoms with Gasteiger partial charge in [0.2, 0.25) is 0 Å². The zero-order chi connectivity index (χ0) is 15.0. The minimum absolute atomic E-state index is 0.0586. The average molecular weight is 279 g/mol. The monoisotopic (exact) mass is 279 g/mol. The smallest absolute Gasteiger partial charge is 0.320 e. The highest BCUT2D eigenvalue weighted by atomic mass is 16.6. The predicted octanol–water partition coefficient (Wildman–Crippen LogP) is 0.746. The Kier molecular flexibility index (Phi) is 3.33. The predicted molar refractivity (Wildman–Crippen MR) is 70.6 cm³/mol. The molecule has 1 atom stereocenters. The number of nitrogens with zero attached hydrogens (tertiary/aromatic N) is 2. The van der Waals surface area contributed by atoms with Crippen LogP contribution in [0.1, 0.15) is 5.56 Å². The van der Waals surface area contributed by atoms with Gasteiger partial charge in [0.05, 0.1) is 15.8 Å². The molecule has 1 heterocycles. The summed E-state index contributed by atoms with van der Waals surface area (Å²) in [5.74, 6) is -1.65. The number of nitrogens with two attached hydrogens (primary N) is 1. The van der Waals surface area contributed by atoms with Crippen LogP contribution in [0.25, 0.3) is 10.9 Å². The van der Waals surface area contributed by atoms with E-state index in [-0.39, 0.29) is 11.8 Å². The molecule has 0 saturated heterocycles. The molecule has 8 nitrogen and oxygen atoms in total. The summed E-state index contributed by atoms with van der Waals surface area (Å²) in [6, 6.07) is 1.61. The van der Waals surface area contributed by atoms with E-state index in [2.05, 4.69) is 0 Å². The number of carboxylic acids is 1. The van der Waals surface area contributed by atoms with Crippen molar-refractivity contribution in [3.05, 3.63) is 34.0 Å². The zero-order valence-electron chi connectivity index (χ0n) is 10.6.